The van der Waals surface area contributed by atoms with Crippen LogP contribution in [0.15, 0.2) is 76.6 Å². The fraction of sp³-hybridized carbons (Fsp3) is 0.167. The summed E-state index contributed by atoms with van der Waals surface area (Å²) in [6.45, 7) is 3.27. The molecule has 0 saturated heterocycles. The van der Waals surface area contributed by atoms with E-state index in [1.54, 1.807) is 10.6 Å². The van der Waals surface area contributed by atoms with Gasteiger partial charge in [-0.15, -0.1) is 0 Å². The van der Waals surface area contributed by atoms with Crippen LogP contribution in [0, 0.1) is 11.6 Å². The van der Waals surface area contributed by atoms with Crippen LogP contribution in [0.5, 0.6) is 0 Å². The van der Waals surface area contributed by atoms with Crippen LogP contribution < -0.4 is 9.52 Å². The predicted molar refractivity (Wildman–Crippen MR) is 130 cm³/mol. The Morgan fingerprint density at radius 2 is 1.71 bits per heavy atom. The Kier molecular flexibility index (Phi) is 7.39. The van der Waals surface area contributed by atoms with E-state index in [1.807, 2.05) is 6.92 Å². The average molecular weight is 518 g/mol. The average Bonchev–Trinajstić information content (AvgIpc) is 3.15. The summed E-state index contributed by atoms with van der Waals surface area (Å²) in [6, 6.07) is 14.6. The molecule has 0 radical (unpaired) electrons. The molecule has 0 saturated carbocycles. The van der Waals surface area contributed by atoms with E-state index in [-0.39, 0.29) is 22.0 Å². The van der Waals surface area contributed by atoms with Gasteiger partial charge in [-0.25, -0.2) is 17.2 Å². The van der Waals surface area contributed by atoms with E-state index in [4.69, 9.17) is 4.74 Å². The zero-order valence-electron chi connectivity index (χ0n) is 18.6. The second-order valence-corrected chi connectivity index (χ2v) is 10.1. The number of benzene rings is 3. The van der Waals surface area contributed by atoms with E-state index < -0.39 is 21.7 Å². The summed E-state index contributed by atoms with van der Waals surface area (Å²) in [5.74, 6) is -1.46. The molecule has 1 heterocycles. The summed E-state index contributed by atoms with van der Waals surface area (Å²) in [4.78, 5) is 17.4. The lowest BCUT2D eigenvalue weighted by Gasteiger charge is -2.08. The lowest BCUT2D eigenvalue weighted by Crippen LogP contribution is -2.19. The maximum Gasteiger partial charge on any atom is 0.279 e. The van der Waals surface area contributed by atoms with Crippen molar-refractivity contribution >= 4 is 43.2 Å². The zero-order valence-corrected chi connectivity index (χ0v) is 20.2. The number of rotatable bonds is 8. The number of carbonyl (C=O) groups is 1. The molecular weight excluding hydrogens is 496 g/mol. The third-order valence-electron chi connectivity index (χ3n) is 5.01. The third-order valence-corrected chi connectivity index (χ3v) is 7.45. The van der Waals surface area contributed by atoms with Crippen LogP contribution in [0.2, 0.25) is 0 Å². The Bertz CT molecular complexity index is 1530. The monoisotopic (exact) mass is 517 g/mol. The second kappa shape index (κ2) is 10.5. The van der Waals surface area contributed by atoms with Gasteiger partial charge in [-0.1, -0.05) is 11.3 Å². The highest BCUT2D eigenvalue weighted by molar-refractivity contribution is 7.92. The number of anilines is 1. The van der Waals surface area contributed by atoms with Crippen LogP contribution in [-0.2, 0) is 21.3 Å². The van der Waals surface area contributed by atoms with E-state index in [1.165, 1.54) is 47.7 Å². The van der Waals surface area contributed by atoms with Gasteiger partial charge in [0.15, 0.2) is 4.80 Å². The van der Waals surface area contributed by atoms with Crippen LogP contribution in [0.4, 0.5) is 14.5 Å². The third kappa shape index (κ3) is 5.81. The zero-order chi connectivity index (χ0) is 25.0. The maximum absolute atomic E-state index is 13.7. The quantitative estimate of drug-likeness (QED) is 0.347. The van der Waals surface area contributed by atoms with E-state index in [0.717, 1.165) is 29.8 Å². The van der Waals surface area contributed by atoms with E-state index in [2.05, 4.69) is 9.71 Å². The van der Waals surface area contributed by atoms with Gasteiger partial charge in [-0.2, -0.15) is 4.99 Å². The smallest absolute Gasteiger partial charge is 0.279 e. The van der Waals surface area contributed by atoms with Gasteiger partial charge in [0.1, 0.15) is 11.6 Å². The lowest BCUT2D eigenvalue weighted by molar-refractivity contribution is 0.0996. The lowest BCUT2D eigenvalue weighted by atomic mass is 10.2. The van der Waals surface area contributed by atoms with Crippen LogP contribution in [0.1, 0.15) is 17.3 Å². The molecule has 4 aromatic rings. The molecule has 0 aliphatic carbocycles. The minimum atomic E-state index is -3.92. The number of amides is 1. The number of nitrogens with one attached hydrogen (secondary N) is 1. The van der Waals surface area contributed by atoms with Crippen LogP contribution in [0.3, 0.4) is 0 Å². The molecule has 0 fully saturated rings. The van der Waals surface area contributed by atoms with Crippen molar-refractivity contribution in [2.45, 2.75) is 18.4 Å². The Labute approximate surface area is 204 Å². The molecule has 0 unspecified atom stereocenters. The molecule has 35 heavy (non-hydrogen) atoms. The first kappa shape index (κ1) is 24.7. The molecule has 0 spiro atoms. The number of ether oxygens (including phenoxy) is 1. The summed E-state index contributed by atoms with van der Waals surface area (Å²) in [5.41, 5.74) is 1.22. The Morgan fingerprint density at radius 1 is 1.03 bits per heavy atom. The van der Waals surface area contributed by atoms with Gasteiger partial charge >= 0.3 is 0 Å². The number of sulfonamides is 1. The summed E-state index contributed by atoms with van der Waals surface area (Å²) in [6.07, 6.45) is 0. The fourth-order valence-electron chi connectivity index (χ4n) is 3.31. The van der Waals surface area contributed by atoms with Gasteiger partial charge in [0.2, 0.25) is 0 Å². The topological polar surface area (TPSA) is 89.8 Å². The molecule has 0 aliphatic heterocycles. The van der Waals surface area contributed by atoms with Crippen molar-refractivity contribution in [1.29, 1.82) is 0 Å². The molecule has 11 heteroatoms. The predicted octanol–water partition coefficient (Wildman–Crippen LogP) is 4.56. The summed E-state index contributed by atoms with van der Waals surface area (Å²) >= 11 is 1.19. The number of hydrogen-bond donors (Lipinski definition) is 1. The Balaban J connectivity index is 1.58. The number of fused-ring (bicyclic) bond motifs is 1. The first-order valence-electron chi connectivity index (χ1n) is 10.6. The molecular formula is C24H21F2N3O4S2. The first-order chi connectivity index (χ1) is 16.8. The summed E-state index contributed by atoms with van der Waals surface area (Å²) < 4.78 is 62.0. The minimum absolute atomic E-state index is 0.0909. The van der Waals surface area contributed by atoms with Gasteiger partial charge in [0.25, 0.3) is 15.9 Å². The SMILES string of the molecule is CCOCCn1c(=NC(=O)c2ccc(NS(=O)(=O)c3ccc(F)cc3)cc2)sc2cc(F)ccc21. The van der Waals surface area contributed by atoms with Gasteiger partial charge < -0.3 is 9.30 Å². The van der Waals surface area contributed by atoms with E-state index >= 15 is 0 Å². The van der Waals surface area contributed by atoms with Crippen LogP contribution in [-0.4, -0.2) is 32.1 Å². The molecule has 3 aromatic carbocycles. The number of carbonyl (C=O) groups excluding carboxylic acids is 1. The highest BCUT2D eigenvalue weighted by Gasteiger charge is 2.15. The van der Waals surface area contributed by atoms with E-state index in [0.29, 0.717) is 29.3 Å². The number of aromatic nitrogens is 1. The highest BCUT2D eigenvalue weighted by Crippen LogP contribution is 2.20. The number of thiazole rings is 1. The van der Waals surface area contributed by atoms with Crippen molar-refractivity contribution < 1.29 is 26.7 Å². The summed E-state index contributed by atoms with van der Waals surface area (Å²) in [5, 5.41) is 0. The summed E-state index contributed by atoms with van der Waals surface area (Å²) in [7, 11) is -3.92. The van der Waals surface area contributed by atoms with Gasteiger partial charge in [-0.05, 0) is 73.7 Å². The Hall–Kier alpha value is -3.41. The van der Waals surface area contributed by atoms with Crippen molar-refractivity contribution in [3.05, 3.63) is 88.7 Å². The van der Waals surface area contributed by atoms with E-state index in [9.17, 15) is 22.0 Å². The van der Waals surface area contributed by atoms with Crippen molar-refractivity contribution in [3.8, 4) is 0 Å². The molecule has 1 amide bonds. The second-order valence-electron chi connectivity index (χ2n) is 7.40. The molecule has 7 nitrogen and oxygen atoms in total. The molecule has 1 aromatic heterocycles. The van der Waals surface area contributed by atoms with Crippen molar-refractivity contribution in [1.82, 2.24) is 4.57 Å². The van der Waals surface area contributed by atoms with Crippen molar-refractivity contribution in [3.63, 3.8) is 0 Å². The number of nitrogens with zero attached hydrogens (tertiary/aromatic N) is 2. The standard InChI is InChI=1S/C24H21F2N3O4S2/c1-2-33-14-13-29-21-12-7-18(26)15-22(21)34-24(29)27-23(30)16-3-8-19(9-4-16)28-35(31,32)20-10-5-17(25)6-11-20/h3-12,15,28H,2,13-14H2,1H3. The van der Waals surface area contributed by atoms with Gasteiger partial charge in [0.05, 0.1) is 21.7 Å². The minimum Gasteiger partial charge on any atom is -0.380 e. The number of hydrogen-bond acceptors (Lipinski definition) is 5. The molecule has 0 atom stereocenters. The number of halogens is 2. The largest absolute Gasteiger partial charge is 0.380 e. The van der Waals surface area contributed by atoms with Gasteiger partial charge in [0, 0.05) is 24.4 Å². The van der Waals surface area contributed by atoms with Gasteiger partial charge in [-0.3, -0.25) is 9.52 Å². The van der Waals surface area contributed by atoms with Crippen LogP contribution >= 0.6 is 11.3 Å². The first-order valence-corrected chi connectivity index (χ1v) is 12.9. The van der Waals surface area contributed by atoms with Crippen LogP contribution in [0.25, 0.3) is 10.2 Å². The highest BCUT2D eigenvalue weighted by atomic mass is 32.2. The maximum atomic E-state index is 13.7. The molecule has 4 rings (SSSR count). The molecule has 1 N–H and O–H groups in total. The molecule has 0 aliphatic rings. The fourth-order valence-corrected chi connectivity index (χ4v) is 5.45. The molecule has 0 bridgehead atoms. The van der Waals surface area contributed by atoms with Crippen molar-refractivity contribution in [2.24, 2.45) is 4.99 Å². The van der Waals surface area contributed by atoms with Crippen molar-refractivity contribution in [2.75, 3.05) is 17.9 Å². The normalized spacial score (nSPS) is 12.3. The Morgan fingerprint density at radius 3 is 2.40 bits per heavy atom. The molecule has 182 valence electrons.